The maximum atomic E-state index is 11.6. The van der Waals surface area contributed by atoms with Gasteiger partial charge in [0.2, 0.25) is 0 Å². The highest BCUT2D eigenvalue weighted by molar-refractivity contribution is 7.11. The van der Waals surface area contributed by atoms with E-state index in [-0.39, 0.29) is 16.6 Å². The molecule has 2 N–H and O–H groups in total. The van der Waals surface area contributed by atoms with Crippen molar-refractivity contribution in [3.05, 3.63) is 16.1 Å². The molecule has 17 heavy (non-hydrogen) atoms. The van der Waals surface area contributed by atoms with Crippen LogP contribution in [0, 0.1) is 5.92 Å². The Hall–Kier alpha value is -1.43. The Bertz CT molecular complexity index is 401. The molecule has 1 heterocycles. The lowest BCUT2D eigenvalue weighted by Gasteiger charge is -2.04. The SMILES string of the molecule is CC(C)CCCNC(=O)c1nc(C(=O)O)cs1. The second-order valence-corrected chi connectivity index (χ2v) is 4.99. The summed E-state index contributed by atoms with van der Waals surface area (Å²) in [5, 5.41) is 13.0. The smallest absolute Gasteiger partial charge is 0.355 e. The van der Waals surface area contributed by atoms with Crippen molar-refractivity contribution in [2.24, 2.45) is 5.92 Å². The zero-order chi connectivity index (χ0) is 12.8. The van der Waals surface area contributed by atoms with E-state index in [9.17, 15) is 9.59 Å². The molecule has 1 aromatic heterocycles. The van der Waals surface area contributed by atoms with E-state index >= 15 is 0 Å². The summed E-state index contributed by atoms with van der Waals surface area (Å²) in [6, 6.07) is 0. The summed E-state index contributed by atoms with van der Waals surface area (Å²) in [4.78, 5) is 25.9. The lowest BCUT2D eigenvalue weighted by molar-refractivity contribution is 0.0691. The Morgan fingerprint density at radius 2 is 2.24 bits per heavy atom. The van der Waals surface area contributed by atoms with Gasteiger partial charge in [0.15, 0.2) is 10.7 Å². The van der Waals surface area contributed by atoms with Crippen LogP contribution in [0.2, 0.25) is 0 Å². The van der Waals surface area contributed by atoms with E-state index < -0.39 is 5.97 Å². The first-order valence-electron chi connectivity index (χ1n) is 5.47. The number of carboxylic acid groups (broad SMARTS) is 1. The first-order valence-corrected chi connectivity index (χ1v) is 6.35. The molecule has 94 valence electrons. The maximum absolute atomic E-state index is 11.6. The Kier molecular flexibility index (Phi) is 5.09. The van der Waals surface area contributed by atoms with Crippen molar-refractivity contribution in [3.63, 3.8) is 0 Å². The van der Waals surface area contributed by atoms with Crippen LogP contribution in [0.15, 0.2) is 5.38 Å². The summed E-state index contributed by atoms with van der Waals surface area (Å²) >= 11 is 1.05. The van der Waals surface area contributed by atoms with Gasteiger partial charge in [-0.3, -0.25) is 4.79 Å². The monoisotopic (exact) mass is 256 g/mol. The molecule has 1 aromatic rings. The van der Waals surface area contributed by atoms with Crippen molar-refractivity contribution in [3.8, 4) is 0 Å². The average Bonchev–Trinajstić information content (AvgIpc) is 2.73. The van der Waals surface area contributed by atoms with Crippen LogP contribution < -0.4 is 5.32 Å². The van der Waals surface area contributed by atoms with Crippen LogP contribution in [-0.2, 0) is 0 Å². The number of amides is 1. The van der Waals surface area contributed by atoms with Crippen LogP contribution in [0.1, 0.15) is 47.0 Å². The first-order chi connectivity index (χ1) is 8.00. The summed E-state index contributed by atoms with van der Waals surface area (Å²) in [5.74, 6) is -0.795. The molecule has 0 fully saturated rings. The number of nitrogens with one attached hydrogen (secondary N) is 1. The topological polar surface area (TPSA) is 79.3 Å². The standard InChI is InChI=1S/C11H16N2O3S/c1-7(2)4-3-5-12-9(14)10-13-8(6-17-10)11(15)16/h6-7H,3-5H2,1-2H3,(H,12,14)(H,15,16). The molecule has 0 saturated heterocycles. The molecule has 5 nitrogen and oxygen atoms in total. The summed E-state index contributed by atoms with van der Waals surface area (Å²) in [6.07, 6.45) is 1.97. The zero-order valence-electron chi connectivity index (χ0n) is 9.90. The number of thiazole rings is 1. The Morgan fingerprint density at radius 1 is 1.53 bits per heavy atom. The predicted molar refractivity (Wildman–Crippen MR) is 65.5 cm³/mol. The fourth-order valence-electron chi connectivity index (χ4n) is 1.26. The van der Waals surface area contributed by atoms with Crippen molar-refractivity contribution < 1.29 is 14.7 Å². The summed E-state index contributed by atoms with van der Waals surface area (Å²) in [6.45, 7) is 4.85. The van der Waals surface area contributed by atoms with Gasteiger partial charge in [-0.1, -0.05) is 13.8 Å². The molecule has 0 aliphatic heterocycles. The van der Waals surface area contributed by atoms with Crippen molar-refractivity contribution in [1.82, 2.24) is 10.3 Å². The van der Waals surface area contributed by atoms with Gasteiger partial charge in [-0.25, -0.2) is 9.78 Å². The quantitative estimate of drug-likeness (QED) is 0.763. The molecule has 0 aliphatic carbocycles. The minimum atomic E-state index is -1.11. The number of carboxylic acids is 1. The van der Waals surface area contributed by atoms with E-state index in [1.807, 2.05) is 0 Å². The van der Waals surface area contributed by atoms with Gasteiger partial charge in [0, 0.05) is 11.9 Å². The highest BCUT2D eigenvalue weighted by atomic mass is 32.1. The van der Waals surface area contributed by atoms with E-state index in [2.05, 4.69) is 24.1 Å². The number of carbonyl (C=O) groups is 2. The maximum Gasteiger partial charge on any atom is 0.355 e. The molecule has 0 atom stereocenters. The average molecular weight is 256 g/mol. The number of nitrogens with zero attached hydrogens (tertiary/aromatic N) is 1. The van der Waals surface area contributed by atoms with E-state index in [0.29, 0.717) is 12.5 Å². The van der Waals surface area contributed by atoms with Gasteiger partial charge < -0.3 is 10.4 Å². The summed E-state index contributed by atoms with van der Waals surface area (Å²) in [7, 11) is 0. The largest absolute Gasteiger partial charge is 0.476 e. The third kappa shape index (κ3) is 4.52. The van der Waals surface area contributed by atoms with Gasteiger partial charge in [0.05, 0.1) is 0 Å². The molecular weight excluding hydrogens is 240 g/mol. The molecule has 0 aromatic carbocycles. The van der Waals surface area contributed by atoms with Gasteiger partial charge in [-0.15, -0.1) is 11.3 Å². The van der Waals surface area contributed by atoms with Gasteiger partial charge in [0.25, 0.3) is 5.91 Å². The third-order valence-electron chi connectivity index (χ3n) is 2.16. The van der Waals surface area contributed by atoms with E-state index in [0.717, 1.165) is 24.2 Å². The number of aromatic carboxylic acids is 1. The van der Waals surface area contributed by atoms with Crippen LogP contribution >= 0.6 is 11.3 Å². The predicted octanol–water partition coefficient (Wildman–Crippen LogP) is 2.01. The fraction of sp³-hybridized carbons (Fsp3) is 0.545. The Labute approximate surface area is 104 Å². The van der Waals surface area contributed by atoms with Crippen molar-refractivity contribution in [1.29, 1.82) is 0 Å². The highest BCUT2D eigenvalue weighted by Gasteiger charge is 2.13. The lowest BCUT2D eigenvalue weighted by Crippen LogP contribution is -2.24. The van der Waals surface area contributed by atoms with Crippen LogP contribution in [0.4, 0.5) is 0 Å². The van der Waals surface area contributed by atoms with E-state index in [4.69, 9.17) is 5.11 Å². The number of aromatic nitrogens is 1. The van der Waals surface area contributed by atoms with Crippen LogP contribution in [0.25, 0.3) is 0 Å². The molecule has 1 rings (SSSR count). The highest BCUT2D eigenvalue weighted by Crippen LogP contribution is 2.09. The molecule has 1 amide bonds. The van der Waals surface area contributed by atoms with E-state index in [1.54, 1.807) is 0 Å². The normalized spacial score (nSPS) is 10.5. The number of carbonyl (C=O) groups excluding carboxylic acids is 1. The molecule has 6 heteroatoms. The van der Waals surface area contributed by atoms with Crippen molar-refractivity contribution >= 4 is 23.2 Å². The summed E-state index contributed by atoms with van der Waals surface area (Å²) < 4.78 is 0. The molecule has 0 radical (unpaired) electrons. The molecule has 0 aliphatic rings. The minimum Gasteiger partial charge on any atom is -0.476 e. The zero-order valence-corrected chi connectivity index (χ0v) is 10.7. The van der Waals surface area contributed by atoms with Gasteiger partial charge >= 0.3 is 5.97 Å². The minimum absolute atomic E-state index is 0.0812. The number of hydrogen-bond donors (Lipinski definition) is 2. The fourth-order valence-corrected chi connectivity index (χ4v) is 1.97. The molecule has 0 bridgehead atoms. The molecular formula is C11H16N2O3S. The summed E-state index contributed by atoms with van der Waals surface area (Å²) in [5.41, 5.74) is -0.0812. The number of rotatable bonds is 6. The second-order valence-electron chi connectivity index (χ2n) is 4.14. The van der Waals surface area contributed by atoms with Gasteiger partial charge in [-0.2, -0.15) is 0 Å². The Balaban J connectivity index is 2.39. The van der Waals surface area contributed by atoms with Gasteiger partial charge in [0.1, 0.15) is 0 Å². The van der Waals surface area contributed by atoms with E-state index in [1.165, 1.54) is 5.38 Å². The molecule has 0 saturated carbocycles. The van der Waals surface area contributed by atoms with Crippen molar-refractivity contribution in [2.75, 3.05) is 6.54 Å². The van der Waals surface area contributed by atoms with Gasteiger partial charge in [-0.05, 0) is 18.8 Å². The van der Waals surface area contributed by atoms with Crippen molar-refractivity contribution in [2.45, 2.75) is 26.7 Å². The lowest BCUT2D eigenvalue weighted by atomic mass is 10.1. The first kappa shape index (κ1) is 13.6. The van der Waals surface area contributed by atoms with Crippen LogP contribution in [-0.4, -0.2) is 28.5 Å². The van der Waals surface area contributed by atoms with Crippen LogP contribution in [0.3, 0.4) is 0 Å². The van der Waals surface area contributed by atoms with Crippen LogP contribution in [0.5, 0.6) is 0 Å². The second kappa shape index (κ2) is 6.34. The number of hydrogen-bond acceptors (Lipinski definition) is 4. The molecule has 0 spiro atoms. The Morgan fingerprint density at radius 3 is 2.76 bits per heavy atom. The third-order valence-corrected chi connectivity index (χ3v) is 3.00. The molecule has 0 unspecified atom stereocenters.